The molecule has 9 heteroatoms. The van der Waals surface area contributed by atoms with Crippen LogP contribution in [0.15, 0.2) is 24.3 Å². The van der Waals surface area contributed by atoms with Gasteiger partial charge in [-0.2, -0.15) is 0 Å². The van der Waals surface area contributed by atoms with Crippen molar-refractivity contribution < 1.29 is 28.6 Å². The summed E-state index contributed by atoms with van der Waals surface area (Å²) in [7, 11) is 0. The normalized spacial score (nSPS) is 24.8. The van der Waals surface area contributed by atoms with Crippen LogP contribution in [0.25, 0.3) is 0 Å². The van der Waals surface area contributed by atoms with Crippen LogP contribution in [0, 0.1) is 5.82 Å². The van der Waals surface area contributed by atoms with Crippen LogP contribution in [0.4, 0.5) is 4.39 Å². The van der Waals surface area contributed by atoms with E-state index in [0.717, 1.165) is 18.4 Å². The van der Waals surface area contributed by atoms with Crippen molar-refractivity contribution in [2.24, 2.45) is 0 Å². The number of hydrogen-bond donors (Lipinski definition) is 2. The molecule has 1 aromatic rings. The summed E-state index contributed by atoms with van der Waals surface area (Å²) in [6.45, 7) is 1.94. The number of esters is 1. The van der Waals surface area contributed by atoms with Crippen LogP contribution in [0.3, 0.4) is 0 Å². The largest absolute Gasteiger partial charge is 0.480 e. The number of thioether (sulfide) groups is 1. The molecule has 2 aliphatic rings. The highest BCUT2D eigenvalue weighted by Gasteiger charge is 2.45. The van der Waals surface area contributed by atoms with Crippen LogP contribution in [0.5, 0.6) is 0 Å². The molecule has 0 radical (unpaired) electrons. The van der Waals surface area contributed by atoms with E-state index in [1.807, 2.05) is 0 Å². The number of halogens is 1. The fraction of sp³-hybridized carbons (Fsp3) is 0.571. The van der Waals surface area contributed by atoms with E-state index in [1.165, 1.54) is 28.8 Å². The van der Waals surface area contributed by atoms with Gasteiger partial charge >= 0.3 is 11.9 Å². The summed E-state index contributed by atoms with van der Waals surface area (Å²) in [5, 5.41) is 12.5. The van der Waals surface area contributed by atoms with Crippen molar-refractivity contribution in [3.8, 4) is 0 Å². The molecule has 0 aromatic heterocycles. The molecule has 0 aliphatic carbocycles. The molecule has 2 saturated heterocycles. The van der Waals surface area contributed by atoms with Gasteiger partial charge in [0.1, 0.15) is 17.9 Å². The number of hydrogen-bond acceptors (Lipinski definition) is 6. The standard InChI is InChI=1S/C21H27FN2O5S/c1-2-29-21(28)16(11-8-13-6-9-14(22)10-7-13)23-15-4-3-5-18-24(19(15)25)17(12-30-18)20(26)27/h6-7,9-10,15-18,23H,2-5,8,11-12H2,1H3,(H,26,27)/t15-,16?,17-,18+/m1/s1. The van der Waals surface area contributed by atoms with Gasteiger partial charge in [0.05, 0.1) is 18.0 Å². The number of carboxylic acids is 1. The molecular formula is C21H27FN2O5S. The smallest absolute Gasteiger partial charge is 0.327 e. The van der Waals surface area contributed by atoms with Gasteiger partial charge in [-0.25, -0.2) is 9.18 Å². The first-order valence-electron chi connectivity index (χ1n) is 10.2. The summed E-state index contributed by atoms with van der Waals surface area (Å²) in [5.41, 5.74) is 0.877. The number of rotatable bonds is 8. The molecule has 0 bridgehead atoms. The third-order valence-electron chi connectivity index (χ3n) is 5.48. The summed E-state index contributed by atoms with van der Waals surface area (Å²) in [6, 6.07) is 3.88. The number of aryl methyl sites for hydroxylation is 1. The lowest BCUT2D eigenvalue weighted by molar-refractivity contribution is -0.151. The van der Waals surface area contributed by atoms with E-state index in [-0.39, 0.29) is 23.7 Å². The van der Waals surface area contributed by atoms with E-state index in [9.17, 15) is 23.9 Å². The highest BCUT2D eigenvalue weighted by atomic mass is 32.2. The van der Waals surface area contributed by atoms with Crippen molar-refractivity contribution in [3.05, 3.63) is 35.6 Å². The second-order valence-corrected chi connectivity index (χ2v) is 8.72. The highest BCUT2D eigenvalue weighted by molar-refractivity contribution is 8.00. The van der Waals surface area contributed by atoms with Crippen LogP contribution in [-0.2, 0) is 25.5 Å². The monoisotopic (exact) mass is 438 g/mol. The minimum absolute atomic E-state index is 0.134. The molecule has 2 heterocycles. The number of amides is 1. The van der Waals surface area contributed by atoms with E-state index in [2.05, 4.69) is 5.32 Å². The lowest BCUT2D eigenvalue weighted by Gasteiger charge is -2.30. The van der Waals surface area contributed by atoms with Gasteiger partial charge in [0, 0.05) is 5.75 Å². The predicted molar refractivity (Wildman–Crippen MR) is 110 cm³/mol. The quantitative estimate of drug-likeness (QED) is 0.601. The number of nitrogens with one attached hydrogen (secondary N) is 1. The number of fused-ring (bicyclic) bond motifs is 1. The lowest BCUT2D eigenvalue weighted by Crippen LogP contribution is -2.55. The third-order valence-corrected chi connectivity index (χ3v) is 6.84. The summed E-state index contributed by atoms with van der Waals surface area (Å²) >= 11 is 1.50. The average Bonchev–Trinajstić information content (AvgIpc) is 3.08. The van der Waals surface area contributed by atoms with Crippen LogP contribution in [0.2, 0.25) is 0 Å². The van der Waals surface area contributed by atoms with E-state index in [0.29, 0.717) is 25.0 Å². The third kappa shape index (κ3) is 5.31. The molecule has 2 fully saturated rings. The predicted octanol–water partition coefficient (Wildman–Crippen LogP) is 2.19. The van der Waals surface area contributed by atoms with Crippen molar-refractivity contribution in [2.75, 3.05) is 12.4 Å². The molecule has 2 aliphatic heterocycles. The Kier molecular flexibility index (Phi) is 7.71. The van der Waals surface area contributed by atoms with Crippen molar-refractivity contribution in [1.29, 1.82) is 0 Å². The Morgan fingerprint density at radius 2 is 2.07 bits per heavy atom. The zero-order chi connectivity index (χ0) is 21.7. The van der Waals surface area contributed by atoms with Crippen LogP contribution >= 0.6 is 11.8 Å². The highest BCUT2D eigenvalue weighted by Crippen LogP contribution is 2.35. The van der Waals surface area contributed by atoms with Gasteiger partial charge in [-0.3, -0.25) is 14.9 Å². The van der Waals surface area contributed by atoms with Crippen molar-refractivity contribution in [2.45, 2.75) is 62.5 Å². The number of benzene rings is 1. The zero-order valence-corrected chi connectivity index (χ0v) is 17.7. The Morgan fingerprint density at radius 1 is 1.33 bits per heavy atom. The Bertz CT molecular complexity index is 775. The second-order valence-electron chi connectivity index (χ2n) is 7.51. The number of nitrogens with zero attached hydrogens (tertiary/aromatic N) is 1. The van der Waals surface area contributed by atoms with Crippen LogP contribution in [0.1, 0.15) is 38.2 Å². The average molecular weight is 439 g/mol. The van der Waals surface area contributed by atoms with Gasteiger partial charge in [-0.1, -0.05) is 12.1 Å². The van der Waals surface area contributed by atoms with Gasteiger partial charge in [-0.15, -0.1) is 11.8 Å². The van der Waals surface area contributed by atoms with Crippen molar-refractivity contribution >= 4 is 29.6 Å². The number of carbonyl (C=O) groups excluding carboxylic acids is 2. The van der Waals surface area contributed by atoms with E-state index in [4.69, 9.17) is 4.74 Å². The summed E-state index contributed by atoms with van der Waals surface area (Å²) < 4.78 is 18.3. The maximum atomic E-state index is 13.2. The van der Waals surface area contributed by atoms with Crippen LogP contribution < -0.4 is 5.32 Å². The fourth-order valence-electron chi connectivity index (χ4n) is 3.94. The Morgan fingerprint density at radius 3 is 2.73 bits per heavy atom. The number of aliphatic carboxylic acids is 1. The first kappa shape index (κ1) is 22.6. The summed E-state index contributed by atoms with van der Waals surface area (Å²) in [4.78, 5) is 38.7. The van der Waals surface area contributed by atoms with Gasteiger partial charge < -0.3 is 14.7 Å². The van der Waals surface area contributed by atoms with E-state index in [1.54, 1.807) is 19.1 Å². The fourth-order valence-corrected chi connectivity index (χ4v) is 5.40. The molecule has 7 nitrogen and oxygen atoms in total. The SMILES string of the molecule is CCOC(=O)C(CCc1ccc(F)cc1)N[C@@H]1CCC[C@@H]2SC[C@H](C(=O)O)N2C1=O. The molecule has 0 saturated carbocycles. The zero-order valence-electron chi connectivity index (χ0n) is 16.9. The number of carboxylic acid groups (broad SMARTS) is 1. The number of ether oxygens (including phenoxy) is 1. The van der Waals surface area contributed by atoms with Crippen molar-refractivity contribution in [3.63, 3.8) is 0 Å². The van der Waals surface area contributed by atoms with E-state index < -0.39 is 30.1 Å². The first-order chi connectivity index (χ1) is 14.4. The minimum atomic E-state index is -1.00. The van der Waals surface area contributed by atoms with Crippen LogP contribution in [-0.4, -0.2) is 63.7 Å². The van der Waals surface area contributed by atoms with Gasteiger partial charge in [0.2, 0.25) is 5.91 Å². The molecule has 2 N–H and O–H groups in total. The summed E-state index contributed by atoms with van der Waals surface area (Å²) in [6.07, 6.45) is 2.92. The molecule has 0 spiro atoms. The topological polar surface area (TPSA) is 95.9 Å². The molecule has 1 aromatic carbocycles. The molecule has 4 atom stereocenters. The Labute approximate surface area is 179 Å². The molecule has 1 unspecified atom stereocenters. The molecule has 30 heavy (non-hydrogen) atoms. The molecule has 3 rings (SSSR count). The molecule has 1 amide bonds. The number of carbonyl (C=O) groups is 3. The first-order valence-corrected chi connectivity index (χ1v) is 11.3. The van der Waals surface area contributed by atoms with Crippen molar-refractivity contribution in [1.82, 2.24) is 10.2 Å². The van der Waals surface area contributed by atoms with Gasteiger partial charge in [-0.05, 0) is 56.7 Å². The van der Waals surface area contributed by atoms with Gasteiger partial charge in [0.25, 0.3) is 0 Å². The second kappa shape index (κ2) is 10.3. The lowest BCUT2D eigenvalue weighted by atomic mass is 10.0. The Hall–Kier alpha value is -2.13. The molecule has 164 valence electrons. The Balaban J connectivity index is 1.71. The maximum Gasteiger partial charge on any atom is 0.327 e. The summed E-state index contributed by atoms with van der Waals surface area (Å²) in [5.74, 6) is -1.67. The van der Waals surface area contributed by atoms with E-state index >= 15 is 0 Å². The maximum absolute atomic E-state index is 13.2. The minimum Gasteiger partial charge on any atom is -0.480 e. The van der Waals surface area contributed by atoms with Gasteiger partial charge in [0.15, 0.2) is 0 Å². The molecular weight excluding hydrogens is 411 g/mol.